The Hall–Kier alpha value is -3.60. The number of nitriles is 1. The summed E-state index contributed by atoms with van der Waals surface area (Å²) in [5.41, 5.74) is 6.69. The number of anilines is 1. The van der Waals surface area contributed by atoms with Gasteiger partial charge in [-0.15, -0.1) is 0 Å². The number of aromatic hydroxyl groups is 1. The van der Waals surface area contributed by atoms with Gasteiger partial charge in [-0.3, -0.25) is 5.41 Å². The van der Waals surface area contributed by atoms with E-state index in [0.29, 0.717) is 17.1 Å². The van der Waals surface area contributed by atoms with E-state index in [1.54, 1.807) is 12.1 Å². The first-order valence-electron chi connectivity index (χ1n) is 7.44. The molecule has 2 rings (SSSR count). The Kier molecular flexibility index (Phi) is 5.53. The highest BCUT2D eigenvalue weighted by Crippen LogP contribution is 2.32. The van der Waals surface area contributed by atoms with Gasteiger partial charge in [-0.1, -0.05) is 6.07 Å². The maximum absolute atomic E-state index is 10.1. The molecule has 1 aromatic heterocycles. The molecule has 0 unspecified atom stereocenters. The first kappa shape index (κ1) is 17.7. The number of nitrogens with one attached hydrogen (secondary N) is 2. The van der Waals surface area contributed by atoms with Gasteiger partial charge in [0.15, 0.2) is 5.69 Å². The van der Waals surface area contributed by atoms with Crippen LogP contribution in [0.2, 0.25) is 0 Å². The highest BCUT2D eigenvalue weighted by molar-refractivity contribution is 6.05. The molecule has 0 aliphatic rings. The van der Waals surface area contributed by atoms with E-state index in [1.807, 2.05) is 19.9 Å². The van der Waals surface area contributed by atoms with E-state index >= 15 is 0 Å². The summed E-state index contributed by atoms with van der Waals surface area (Å²) in [6.07, 6.45) is 3.87. The third kappa shape index (κ3) is 4.68. The normalized spacial score (nSPS) is 11.0. The lowest BCUT2D eigenvalue weighted by molar-refractivity contribution is 0.240. The van der Waals surface area contributed by atoms with Crippen molar-refractivity contribution in [3.8, 4) is 17.6 Å². The fourth-order valence-electron chi connectivity index (χ4n) is 2.01. The maximum atomic E-state index is 10.1. The predicted octanol–water partition coefficient (Wildman–Crippen LogP) is 2.23. The number of phenolic OH excluding ortho intramolecular Hbond substituents is 1. The summed E-state index contributed by atoms with van der Waals surface area (Å²) in [4.78, 5) is 7.82. The molecular formula is C17H18N6O2. The molecule has 0 saturated heterocycles. The summed E-state index contributed by atoms with van der Waals surface area (Å²) in [6.45, 7) is 3.72. The zero-order valence-electron chi connectivity index (χ0n) is 13.8. The Morgan fingerprint density at radius 3 is 2.76 bits per heavy atom. The lowest BCUT2D eigenvalue weighted by atomic mass is 10.1. The van der Waals surface area contributed by atoms with Gasteiger partial charge in [0.25, 0.3) is 0 Å². The summed E-state index contributed by atoms with van der Waals surface area (Å²) >= 11 is 0. The molecule has 0 aliphatic heterocycles. The van der Waals surface area contributed by atoms with E-state index < -0.39 is 0 Å². The Balaban J connectivity index is 2.22. The lowest BCUT2D eigenvalue weighted by Gasteiger charge is -2.15. The smallest absolute Gasteiger partial charge is 0.158 e. The number of benzene rings is 1. The molecule has 25 heavy (non-hydrogen) atoms. The molecule has 0 saturated carbocycles. The van der Waals surface area contributed by atoms with Crippen molar-refractivity contribution in [1.82, 2.24) is 9.97 Å². The Morgan fingerprint density at radius 2 is 2.16 bits per heavy atom. The van der Waals surface area contributed by atoms with E-state index in [0.717, 1.165) is 0 Å². The van der Waals surface area contributed by atoms with Gasteiger partial charge in [-0.05, 0) is 26.0 Å². The highest BCUT2D eigenvalue weighted by atomic mass is 16.5. The van der Waals surface area contributed by atoms with Crippen LogP contribution in [-0.2, 0) is 0 Å². The monoisotopic (exact) mass is 338 g/mol. The summed E-state index contributed by atoms with van der Waals surface area (Å²) in [7, 11) is 0. The van der Waals surface area contributed by atoms with Gasteiger partial charge in [-0.25, -0.2) is 9.97 Å². The third-order valence-electron chi connectivity index (χ3n) is 2.98. The molecule has 0 aliphatic carbocycles. The zero-order chi connectivity index (χ0) is 18.4. The van der Waals surface area contributed by atoms with Crippen LogP contribution in [0.15, 0.2) is 36.7 Å². The van der Waals surface area contributed by atoms with E-state index in [4.69, 9.17) is 21.1 Å². The molecule has 0 fully saturated rings. The fraction of sp³-hybridized carbons (Fsp3) is 0.176. The van der Waals surface area contributed by atoms with Crippen molar-refractivity contribution in [3.05, 3.63) is 47.9 Å². The lowest BCUT2D eigenvalue weighted by Crippen LogP contribution is -2.13. The molecule has 1 heterocycles. The molecule has 0 amide bonds. The van der Waals surface area contributed by atoms with Crippen molar-refractivity contribution >= 4 is 17.4 Å². The number of rotatable bonds is 5. The fourth-order valence-corrected chi connectivity index (χ4v) is 2.01. The van der Waals surface area contributed by atoms with Crippen LogP contribution in [0.4, 0.5) is 5.82 Å². The van der Waals surface area contributed by atoms with Crippen molar-refractivity contribution < 1.29 is 9.84 Å². The molecule has 0 bridgehead atoms. The Labute approximate surface area is 145 Å². The summed E-state index contributed by atoms with van der Waals surface area (Å²) in [6, 6.07) is 6.70. The molecule has 128 valence electrons. The first-order valence-corrected chi connectivity index (χ1v) is 7.44. The van der Waals surface area contributed by atoms with Gasteiger partial charge in [0, 0.05) is 11.8 Å². The number of ether oxygens (including phenoxy) is 1. The van der Waals surface area contributed by atoms with Gasteiger partial charge < -0.3 is 20.9 Å². The second kappa shape index (κ2) is 7.79. The van der Waals surface area contributed by atoms with Crippen LogP contribution in [-0.4, -0.2) is 27.0 Å². The molecule has 5 N–H and O–H groups in total. The Morgan fingerprint density at radius 1 is 1.40 bits per heavy atom. The van der Waals surface area contributed by atoms with Crippen LogP contribution in [0.5, 0.6) is 11.5 Å². The minimum atomic E-state index is -0.0974. The van der Waals surface area contributed by atoms with Gasteiger partial charge in [0.1, 0.15) is 29.2 Å². The summed E-state index contributed by atoms with van der Waals surface area (Å²) < 4.78 is 5.65. The van der Waals surface area contributed by atoms with E-state index in [-0.39, 0.29) is 29.1 Å². The van der Waals surface area contributed by atoms with Crippen molar-refractivity contribution in [2.45, 2.75) is 20.0 Å². The number of nitrogens with zero attached hydrogens (tertiary/aromatic N) is 3. The molecular weight excluding hydrogens is 320 g/mol. The van der Waals surface area contributed by atoms with Gasteiger partial charge in [0.05, 0.1) is 24.1 Å². The molecule has 2 aromatic rings. The molecule has 8 heteroatoms. The van der Waals surface area contributed by atoms with Crippen LogP contribution in [0, 0.1) is 16.7 Å². The van der Waals surface area contributed by atoms with Crippen molar-refractivity contribution in [3.63, 3.8) is 0 Å². The van der Waals surface area contributed by atoms with Gasteiger partial charge >= 0.3 is 0 Å². The molecule has 0 radical (unpaired) electrons. The first-order chi connectivity index (χ1) is 11.9. The number of hydrogen-bond donors (Lipinski definition) is 4. The van der Waals surface area contributed by atoms with Gasteiger partial charge in [0.2, 0.25) is 0 Å². The third-order valence-corrected chi connectivity index (χ3v) is 2.98. The summed E-state index contributed by atoms with van der Waals surface area (Å²) in [5.74, 6) is 0.617. The Bertz CT molecular complexity index is 837. The molecule has 8 nitrogen and oxygen atoms in total. The largest absolute Gasteiger partial charge is 0.507 e. The van der Waals surface area contributed by atoms with E-state index in [2.05, 4.69) is 15.3 Å². The standard InChI is InChI=1S/C17H18N6O2/c1-10(2)25-14-5-3-4-13(24)17(14)12(19)6-15(20)23-16-9-21-11(7-18)8-22-16/h3-6,8-10,24H,19H2,1-2H3,(H2,20,22,23)/b12-6-. The van der Waals surface area contributed by atoms with Crippen molar-refractivity contribution in [2.75, 3.05) is 5.32 Å². The minimum Gasteiger partial charge on any atom is -0.507 e. The number of nitrogens with two attached hydrogens (primary N) is 1. The van der Waals surface area contributed by atoms with E-state index in [1.165, 1.54) is 24.5 Å². The number of phenols is 1. The van der Waals surface area contributed by atoms with Crippen LogP contribution in [0.25, 0.3) is 5.70 Å². The highest BCUT2D eigenvalue weighted by Gasteiger charge is 2.13. The quantitative estimate of drug-likeness (QED) is 0.484. The number of amidine groups is 1. The predicted molar refractivity (Wildman–Crippen MR) is 94.1 cm³/mol. The van der Waals surface area contributed by atoms with Crippen LogP contribution in [0.1, 0.15) is 25.1 Å². The van der Waals surface area contributed by atoms with Crippen LogP contribution in [0.3, 0.4) is 0 Å². The molecule has 0 spiro atoms. The zero-order valence-corrected chi connectivity index (χ0v) is 13.8. The number of aromatic nitrogens is 2. The maximum Gasteiger partial charge on any atom is 0.158 e. The summed E-state index contributed by atoms with van der Waals surface area (Å²) in [5, 5.41) is 29.4. The van der Waals surface area contributed by atoms with E-state index in [9.17, 15) is 5.11 Å². The van der Waals surface area contributed by atoms with Crippen LogP contribution < -0.4 is 15.8 Å². The number of hydrogen-bond acceptors (Lipinski definition) is 7. The molecule has 0 atom stereocenters. The average Bonchev–Trinajstić information content (AvgIpc) is 2.54. The second-order valence-corrected chi connectivity index (χ2v) is 5.35. The minimum absolute atomic E-state index is 0.0436. The molecule has 1 aromatic carbocycles. The van der Waals surface area contributed by atoms with Gasteiger partial charge in [-0.2, -0.15) is 5.26 Å². The van der Waals surface area contributed by atoms with Crippen molar-refractivity contribution in [1.29, 1.82) is 10.7 Å². The van der Waals surface area contributed by atoms with Crippen LogP contribution >= 0.6 is 0 Å². The average molecular weight is 338 g/mol. The second-order valence-electron chi connectivity index (χ2n) is 5.35. The SMILES string of the molecule is CC(C)Oc1cccc(O)c1/C(N)=C/C(=N)Nc1cnc(C#N)cn1. The topological polar surface area (TPSA) is 141 Å². The van der Waals surface area contributed by atoms with Crippen molar-refractivity contribution in [2.24, 2.45) is 5.73 Å².